The molecule has 2 aromatic carbocycles. The number of halogens is 1. The van der Waals surface area contributed by atoms with E-state index in [2.05, 4.69) is 10.2 Å². The number of rotatable bonds is 9. The smallest absolute Gasteiger partial charge is 0.296 e. The molecule has 1 unspecified atom stereocenters. The van der Waals surface area contributed by atoms with Crippen molar-refractivity contribution in [2.75, 3.05) is 11.5 Å². The molecule has 1 atom stereocenters. The Balaban J connectivity index is 1.51. The van der Waals surface area contributed by atoms with Crippen molar-refractivity contribution in [3.05, 3.63) is 99.7 Å². The third kappa shape index (κ3) is 5.07. The van der Waals surface area contributed by atoms with Crippen LogP contribution in [0.15, 0.2) is 80.8 Å². The molecule has 11 heteroatoms. The minimum absolute atomic E-state index is 0.0258. The molecule has 1 aliphatic heterocycles. The van der Waals surface area contributed by atoms with Gasteiger partial charge in [0, 0.05) is 10.8 Å². The van der Waals surface area contributed by atoms with Gasteiger partial charge >= 0.3 is 0 Å². The number of amides is 1. The van der Waals surface area contributed by atoms with E-state index < -0.39 is 23.5 Å². The van der Waals surface area contributed by atoms with Crippen molar-refractivity contribution in [3.8, 4) is 5.75 Å². The summed E-state index contributed by atoms with van der Waals surface area (Å²) in [5.74, 6) is -0.299. The summed E-state index contributed by atoms with van der Waals surface area (Å²) in [5.41, 5.74) is 1.42. The molecule has 0 fully saturated rings. The fourth-order valence-corrected chi connectivity index (χ4v) is 6.25. The molecule has 0 bridgehead atoms. The van der Waals surface area contributed by atoms with E-state index in [4.69, 9.17) is 20.8 Å². The fourth-order valence-electron chi connectivity index (χ4n) is 4.09. The average molecular weight is 568 g/mol. The van der Waals surface area contributed by atoms with Gasteiger partial charge in [-0.15, -0.1) is 10.2 Å². The maximum atomic E-state index is 13.5. The lowest BCUT2D eigenvalue weighted by molar-refractivity contribution is -0.117. The Labute approximate surface area is 231 Å². The van der Waals surface area contributed by atoms with Crippen LogP contribution in [0, 0.1) is 6.92 Å². The van der Waals surface area contributed by atoms with Crippen molar-refractivity contribution in [3.63, 3.8) is 0 Å². The van der Waals surface area contributed by atoms with Crippen LogP contribution in [0.1, 0.15) is 40.4 Å². The first kappa shape index (κ1) is 26.0. The predicted octanol–water partition coefficient (Wildman–Crippen LogP) is 6.57. The van der Waals surface area contributed by atoms with Crippen LogP contribution >= 0.6 is 34.7 Å². The van der Waals surface area contributed by atoms with Gasteiger partial charge in [0.05, 0.1) is 18.2 Å². The Kier molecular flexibility index (Phi) is 7.55. The van der Waals surface area contributed by atoms with Crippen LogP contribution in [0.5, 0.6) is 5.75 Å². The van der Waals surface area contributed by atoms with Crippen LogP contribution in [-0.2, 0) is 10.5 Å². The summed E-state index contributed by atoms with van der Waals surface area (Å²) >= 11 is 8.89. The number of ether oxygens (including phenoxy) is 1. The number of ketones is 1. The molecule has 0 aliphatic carbocycles. The molecule has 194 valence electrons. The number of aliphatic hydroxyl groups is 1. The molecule has 8 nitrogen and oxygen atoms in total. The van der Waals surface area contributed by atoms with Crippen molar-refractivity contribution < 1.29 is 23.8 Å². The van der Waals surface area contributed by atoms with Crippen LogP contribution in [-0.4, -0.2) is 33.6 Å². The SMILES string of the molecule is CCOc1cccc(C2C(C(=O)c3ccc(C)o3)=C(O)C(=O)N2c2nnc(SCc3ccccc3Cl)s2)c1. The zero-order chi connectivity index (χ0) is 26.8. The van der Waals surface area contributed by atoms with E-state index in [1.54, 1.807) is 37.3 Å². The number of hydrogen-bond acceptors (Lipinski definition) is 9. The van der Waals surface area contributed by atoms with Crippen molar-refractivity contribution in [1.82, 2.24) is 10.2 Å². The van der Waals surface area contributed by atoms with Gasteiger partial charge in [0.1, 0.15) is 11.5 Å². The normalized spacial score (nSPS) is 15.4. The zero-order valence-electron chi connectivity index (χ0n) is 20.4. The third-order valence-corrected chi connectivity index (χ3v) is 8.29. The van der Waals surface area contributed by atoms with Gasteiger partial charge in [-0.25, -0.2) is 0 Å². The van der Waals surface area contributed by atoms with Gasteiger partial charge in [-0.1, -0.05) is 65.0 Å². The summed E-state index contributed by atoms with van der Waals surface area (Å²) in [7, 11) is 0. The highest BCUT2D eigenvalue weighted by atomic mass is 35.5. The highest BCUT2D eigenvalue weighted by molar-refractivity contribution is 8.00. The number of aromatic nitrogens is 2. The third-order valence-electron chi connectivity index (χ3n) is 5.81. The van der Waals surface area contributed by atoms with E-state index in [9.17, 15) is 14.7 Å². The monoisotopic (exact) mass is 567 g/mol. The van der Waals surface area contributed by atoms with Crippen LogP contribution in [0.25, 0.3) is 0 Å². The Hall–Kier alpha value is -3.60. The number of hydrogen-bond donors (Lipinski definition) is 1. The first-order valence-electron chi connectivity index (χ1n) is 11.7. The first-order chi connectivity index (χ1) is 18.4. The van der Waals surface area contributed by atoms with E-state index in [1.165, 1.54) is 34.1 Å². The molecule has 0 spiro atoms. The molecule has 3 heterocycles. The lowest BCUT2D eigenvalue weighted by Crippen LogP contribution is -2.31. The lowest BCUT2D eigenvalue weighted by Gasteiger charge is -2.24. The Morgan fingerprint density at radius 3 is 2.74 bits per heavy atom. The van der Waals surface area contributed by atoms with E-state index in [0.717, 1.165) is 5.56 Å². The standard InChI is InChI=1S/C27H22ClN3O5S2/c1-3-35-18-9-6-8-16(13-18)22-21(23(32)20-12-11-15(2)36-20)24(33)25(34)31(22)26-29-30-27(38-26)37-14-17-7-4-5-10-19(17)28/h4-13,22,33H,3,14H2,1-2H3. The van der Waals surface area contributed by atoms with Crippen molar-refractivity contribution in [2.24, 2.45) is 0 Å². The molecule has 0 saturated carbocycles. The van der Waals surface area contributed by atoms with Gasteiger partial charge in [-0.2, -0.15) is 0 Å². The maximum absolute atomic E-state index is 13.5. The fraction of sp³-hybridized carbons (Fsp3) is 0.185. The topological polar surface area (TPSA) is 106 Å². The van der Waals surface area contributed by atoms with Gasteiger partial charge in [-0.05, 0) is 55.3 Å². The zero-order valence-corrected chi connectivity index (χ0v) is 22.8. The summed E-state index contributed by atoms with van der Waals surface area (Å²) in [6.07, 6.45) is 0. The molecule has 0 radical (unpaired) electrons. The highest BCUT2D eigenvalue weighted by Gasteiger charge is 2.46. The van der Waals surface area contributed by atoms with Gasteiger partial charge in [-0.3, -0.25) is 14.5 Å². The average Bonchev–Trinajstić information content (AvgIpc) is 3.62. The molecule has 5 rings (SSSR count). The van der Waals surface area contributed by atoms with Crippen LogP contribution in [0.2, 0.25) is 5.02 Å². The number of aliphatic hydroxyl groups excluding tert-OH is 1. The number of Topliss-reactive ketones (excluding diaryl/α,β-unsaturated/α-hetero) is 1. The summed E-state index contributed by atoms with van der Waals surface area (Å²) < 4.78 is 11.8. The second-order valence-corrected chi connectivity index (χ2v) is 10.9. The lowest BCUT2D eigenvalue weighted by atomic mass is 9.95. The van der Waals surface area contributed by atoms with Gasteiger partial charge in [0.2, 0.25) is 10.9 Å². The van der Waals surface area contributed by atoms with Crippen molar-refractivity contribution >= 4 is 51.5 Å². The summed E-state index contributed by atoms with van der Waals surface area (Å²) in [6, 6.07) is 16.8. The van der Waals surface area contributed by atoms with Crippen molar-refractivity contribution in [2.45, 2.75) is 30.0 Å². The first-order valence-corrected chi connectivity index (χ1v) is 13.9. The minimum atomic E-state index is -0.963. The molecule has 2 aromatic heterocycles. The highest BCUT2D eigenvalue weighted by Crippen LogP contribution is 2.44. The Morgan fingerprint density at radius 2 is 2.00 bits per heavy atom. The molecular formula is C27H22ClN3O5S2. The quantitative estimate of drug-likeness (QED) is 0.138. The van der Waals surface area contributed by atoms with E-state index >= 15 is 0 Å². The molecule has 1 aliphatic rings. The van der Waals surface area contributed by atoms with Gasteiger partial charge in [0.25, 0.3) is 5.91 Å². The molecule has 0 saturated heterocycles. The molecule has 4 aromatic rings. The molecular weight excluding hydrogens is 546 g/mol. The minimum Gasteiger partial charge on any atom is -0.503 e. The number of anilines is 1. The Morgan fingerprint density at radius 1 is 1.18 bits per heavy atom. The van der Waals surface area contributed by atoms with E-state index in [0.29, 0.717) is 38.8 Å². The van der Waals surface area contributed by atoms with E-state index in [1.807, 2.05) is 31.2 Å². The largest absolute Gasteiger partial charge is 0.503 e. The van der Waals surface area contributed by atoms with Crippen LogP contribution in [0.4, 0.5) is 5.13 Å². The number of carbonyl (C=O) groups excluding carboxylic acids is 2. The van der Waals surface area contributed by atoms with Gasteiger partial charge in [0.15, 0.2) is 15.9 Å². The second-order valence-electron chi connectivity index (χ2n) is 8.32. The number of furan rings is 1. The number of benzene rings is 2. The number of thioether (sulfide) groups is 1. The Bertz CT molecular complexity index is 1550. The summed E-state index contributed by atoms with van der Waals surface area (Å²) in [6.45, 7) is 4.02. The maximum Gasteiger partial charge on any atom is 0.296 e. The second kappa shape index (κ2) is 11.0. The van der Waals surface area contributed by atoms with Crippen LogP contribution in [0.3, 0.4) is 0 Å². The number of aryl methyl sites for hydroxylation is 1. The molecule has 38 heavy (non-hydrogen) atoms. The van der Waals surface area contributed by atoms with Crippen LogP contribution < -0.4 is 9.64 Å². The summed E-state index contributed by atoms with van der Waals surface area (Å²) in [4.78, 5) is 28.2. The van der Waals surface area contributed by atoms with Gasteiger partial charge < -0.3 is 14.3 Å². The van der Waals surface area contributed by atoms with E-state index in [-0.39, 0.29) is 16.5 Å². The predicted molar refractivity (Wildman–Crippen MR) is 146 cm³/mol. The molecule has 1 amide bonds. The summed E-state index contributed by atoms with van der Waals surface area (Å²) in [5, 5.41) is 20.3. The number of carbonyl (C=O) groups is 2. The van der Waals surface area contributed by atoms with Crippen molar-refractivity contribution in [1.29, 1.82) is 0 Å². The number of nitrogens with zero attached hydrogens (tertiary/aromatic N) is 3. The molecule has 1 N–H and O–H groups in total.